The molecular weight excluding hydrogens is 522 g/mol. The molecule has 6 rings (SSSR count). The van der Waals surface area contributed by atoms with Crippen LogP contribution in [0.5, 0.6) is 5.75 Å². The number of aromatic nitrogens is 2. The summed E-state index contributed by atoms with van der Waals surface area (Å²) >= 11 is 0. The van der Waals surface area contributed by atoms with E-state index in [4.69, 9.17) is 4.74 Å². The first-order chi connectivity index (χ1) is 19.1. The second kappa shape index (κ2) is 9.64. The molecule has 1 aromatic heterocycles. The van der Waals surface area contributed by atoms with E-state index in [1.807, 2.05) is 0 Å². The molecule has 3 aliphatic carbocycles. The lowest BCUT2D eigenvalue weighted by molar-refractivity contribution is -0.196. The molecule has 40 heavy (non-hydrogen) atoms. The Morgan fingerprint density at radius 1 is 1.12 bits per heavy atom. The van der Waals surface area contributed by atoms with Crippen LogP contribution in [0.4, 0.5) is 23.2 Å². The molecule has 1 saturated carbocycles. The van der Waals surface area contributed by atoms with Gasteiger partial charge in [0.25, 0.3) is 0 Å². The van der Waals surface area contributed by atoms with Crippen LogP contribution in [-0.2, 0) is 11.2 Å². The monoisotopic (exact) mass is 551 g/mol. The molecule has 3 aliphatic rings. The summed E-state index contributed by atoms with van der Waals surface area (Å²) < 4.78 is 63.3. The molecule has 5 nitrogen and oxygen atoms in total. The number of methoxy groups -OCH3 is 1. The van der Waals surface area contributed by atoms with Gasteiger partial charge in [-0.3, -0.25) is 4.79 Å². The average molecular weight is 552 g/mol. The molecule has 208 valence electrons. The molecule has 0 radical (unpaired) electrons. The van der Waals surface area contributed by atoms with Gasteiger partial charge in [-0.25, -0.2) is 9.07 Å². The summed E-state index contributed by atoms with van der Waals surface area (Å²) in [4.78, 5) is 13.6. The maximum absolute atomic E-state index is 14.3. The van der Waals surface area contributed by atoms with Crippen LogP contribution in [0.1, 0.15) is 37.4 Å². The van der Waals surface area contributed by atoms with Crippen LogP contribution in [0.25, 0.3) is 11.8 Å². The van der Waals surface area contributed by atoms with Gasteiger partial charge in [-0.05, 0) is 91.8 Å². The number of carbonyl (C=O) groups is 1. The van der Waals surface area contributed by atoms with Crippen LogP contribution in [0.2, 0.25) is 0 Å². The smallest absolute Gasteiger partial charge is 0.392 e. The van der Waals surface area contributed by atoms with Crippen LogP contribution in [-0.4, -0.2) is 29.0 Å². The highest BCUT2D eigenvalue weighted by molar-refractivity contribution is 5.93. The van der Waals surface area contributed by atoms with E-state index in [2.05, 4.69) is 23.4 Å². The molecule has 0 spiro atoms. The van der Waals surface area contributed by atoms with Crippen molar-refractivity contribution in [3.63, 3.8) is 0 Å². The summed E-state index contributed by atoms with van der Waals surface area (Å²) in [6.07, 6.45) is 2.44. The predicted octanol–water partition coefficient (Wildman–Crippen LogP) is 7.14. The second-order valence-electron chi connectivity index (χ2n) is 11.1. The molecule has 0 aliphatic heterocycles. The minimum atomic E-state index is -4.50. The number of hydrogen-bond donors (Lipinski definition) is 1. The molecule has 0 bridgehead atoms. The number of carbonyl (C=O) groups excluding carboxylic acids is 1. The summed E-state index contributed by atoms with van der Waals surface area (Å²) in [5.74, 6) is -3.87. The maximum atomic E-state index is 14.3. The summed E-state index contributed by atoms with van der Waals surface area (Å²) in [7, 11) is 1.52. The van der Waals surface area contributed by atoms with Gasteiger partial charge >= 0.3 is 6.18 Å². The van der Waals surface area contributed by atoms with Crippen molar-refractivity contribution in [3.8, 4) is 11.4 Å². The number of nitrogens with one attached hydrogen (secondary N) is 1. The zero-order valence-corrected chi connectivity index (χ0v) is 22.1. The van der Waals surface area contributed by atoms with E-state index >= 15 is 0 Å². The van der Waals surface area contributed by atoms with Crippen LogP contribution < -0.4 is 10.1 Å². The Bertz CT molecular complexity index is 1500. The highest BCUT2D eigenvalue weighted by Crippen LogP contribution is 2.59. The molecule has 4 atom stereocenters. The van der Waals surface area contributed by atoms with Gasteiger partial charge in [0.1, 0.15) is 11.6 Å². The van der Waals surface area contributed by atoms with Crippen molar-refractivity contribution < 1.29 is 27.1 Å². The number of halogens is 4. The quantitative estimate of drug-likeness (QED) is 0.277. The normalized spacial score (nSPS) is 25.6. The predicted molar refractivity (Wildman–Crippen MR) is 143 cm³/mol. The Morgan fingerprint density at radius 3 is 2.52 bits per heavy atom. The number of rotatable bonds is 4. The molecule has 1 amide bonds. The van der Waals surface area contributed by atoms with Gasteiger partial charge in [-0.1, -0.05) is 24.1 Å². The van der Waals surface area contributed by atoms with E-state index in [9.17, 15) is 22.4 Å². The molecular formula is C31H29F4N3O2. The number of ether oxygens (including phenoxy) is 1. The number of alkyl halides is 3. The fraction of sp³-hybridized carbons (Fsp3) is 0.355. The van der Waals surface area contributed by atoms with Crippen molar-refractivity contribution in [1.29, 1.82) is 0 Å². The Kier molecular flexibility index (Phi) is 6.35. The standard InChI is InChI=1S/C31H29F4N3O2/c1-30-16-18-17-36-38(22-8-4-20(32)5-9-22)27(18)15-19(30)3-12-24-25(30)13-14-26(31(33,34)35)28(24)29(39)37-21-6-10-23(40-2)11-7-21/h4-11,13,15,17,24,26,28H,3,12,14,16H2,1-2H3,(H,37,39)/t24?,26-,28-,30+/m1/s1. The number of amides is 1. The van der Waals surface area contributed by atoms with Crippen LogP contribution >= 0.6 is 0 Å². The molecule has 2 aromatic carbocycles. The largest absolute Gasteiger partial charge is 0.497 e. The molecule has 9 heteroatoms. The Hall–Kier alpha value is -3.88. The number of nitrogens with zero attached hydrogens (tertiary/aromatic N) is 2. The molecule has 0 saturated heterocycles. The fourth-order valence-corrected chi connectivity index (χ4v) is 6.83. The van der Waals surface area contributed by atoms with Gasteiger partial charge in [-0.15, -0.1) is 0 Å². The Balaban J connectivity index is 1.33. The van der Waals surface area contributed by atoms with Gasteiger partial charge in [0, 0.05) is 11.1 Å². The lowest BCUT2D eigenvalue weighted by Gasteiger charge is -2.50. The Morgan fingerprint density at radius 2 is 1.85 bits per heavy atom. The van der Waals surface area contributed by atoms with Crippen molar-refractivity contribution in [2.45, 2.75) is 38.8 Å². The van der Waals surface area contributed by atoms with E-state index < -0.39 is 35.3 Å². The molecule has 1 unspecified atom stereocenters. The van der Waals surface area contributed by atoms with Crippen LogP contribution in [0, 0.1) is 29.0 Å². The molecule has 3 aromatic rings. The third-order valence-electron chi connectivity index (χ3n) is 8.82. The first kappa shape index (κ1) is 26.3. The van der Waals surface area contributed by atoms with E-state index in [1.54, 1.807) is 53.4 Å². The average Bonchev–Trinajstić information content (AvgIpc) is 3.33. The fourth-order valence-electron chi connectivity index (χ4n) is 6.83. The van der Waals surface area contributed by atoms with E-state index in [1.165, 1.54) is 19.2 Å². The second-order valence-corrected chi connectivity index (χ2v) is 11.1. The van der Waals surface area contributed by atoms with Gasteiger partial charge in [0.2, 0.25) is 5.91 Å². The van der Waals surface area contributed by atoms with Crippen molar-refractivity contribution in [1.82, 2.24) is 9.78 Å². The third-order valence-corrected chi connectivity index (χ3v) is 8.82. The van der Waals surface area contributed by atoms with Crippen molar-refractivity contribution in [2.75, 3.05) is 12.4 Å². The number of anilines is 1. The first-order valence-electron chi connectivity index (χ1n) is 13.3. The highest BCUT2D eigenvalue weighted by atomic mass is 19.4. The van der Waals surface area contributed by atoms with E-state index in [0.29, 0.717) is 30.7 Å². The lowest BCUT2D eigenvalue weighted by Crippen LogP contribution is -2.49. The van der Waals surface area contributed by atoms with Gasteiger partial charge < -0.3 is 10.1 Å². The zero-order valence-electron chi connectivity index (χ0n) is 22.1. The summed E-state index contributed by atoms with van der Waals surface area (Å²) in [5, 5.41) is 7.29. The highest BCUT2D eigenvalue weighted by Gasteiger charge is 2.56. The Labute approximate surface area is 229 Å². The summed E-state index contributed by atoms with van der Waals surface area (Å²) in [6, 6.07) is 12.7. The number of allylic oxidation sites excluding steroid dienone is 3. The number of fused-ring (bicyclic) bond motifs is 4. The van der Waals surface area contributed by atoms with E-state index in [-0.39, 0.29) is 12.2 Å². The van der Waals surface area contributed by atoms with E-state index in [0.717, 1.165) is 28.1 Å². The minimum absolute atomic E-state index is 0.236. The SMILES string of the molecule is COc1ccc(NC(=O)[C@@H]2C3CCC4=Cc5c(cnn5-c5ccc(F)cc5)C[C@]4(C)C3=CC[C@H]2C(F)(F)F)cc1. The van der Waals surface area contributed by atoms with Crippen molar-refractivity contribution >= 4 is 17.7 Å². The molecule has 1 heterocycles. The van der Waals surface area contributed by atoms with Gasteiger partial charge in [0.15, 0.2) is 0 Å². The summed E-state index contributed by atoms with van der Waals surface area (Å²) in [5.41, 5.74) is 4.54. The van der Waals surface area contributed by atoms with Crippen LogP contribution in [0.3, 0.4) is 0 Å². The lowest BCUT2D eigenvalue weighted by atomic mass is 9.54. The van der Waals surface area contributed by atoms with Gasteiger partial charge in [-0.2, -0.15) is 18.3 Å². The molecule has 1 fully saturated rings. The topological polar surface area (TPSA) is 56.1 Å². The van der Waals surface area contributed by atoms with Crippen molar-refractivity contribution in [2.24, 2.45) is 23.2 Å². The number of benzene rings is 2. The zero-order chi connectivity index (χ0) is 28.2. The third kappa shape index (κ3) is 4.41. The van der Waals surface area contributed by atoms with Crippen LogP contribution in [0.15, 0.2) is 72.0 Å². The first-order valence-corrected chi connectivity index (χ1v) is 13.3. The molecule has 1 N–H and O–H groups in total. The minimum Gasteiger partial charge on any atom is -0.497 e. The van der Waals surface area contributed by atoms with Gasteiger partial charge in [0.05, 0.1) is 36.5 Å². The van der Waals surface area contributed by atoms with Crippen molar-refractivity contribution in [3.05, 3.63) is 89.0 Å². The maximum Gasteiger partial charge on any atom is 0.392 e. The summed E-state index contributed by atoms with van der Waals surface area (Å²) in [6.45, 7) is 2.07. The number of hydrogen-bond acceptors (Lipinski definition) is 3.